The van der Waals surface area contributed by atoms with Crippen LogP contribution in [-0.2, 0) is 6.54 Å². The van der Waals surface area contributed by atoms with Gasteiger partial charge in [-0.3, -0.25) is 14.9 Å². The quantitative estimate of drug-likeness (QED) is 0.466. The van der Waals surface area contributed by atoms with Crippen LogP contribution in [0.1, 0.15) is 30.3 Å². The van der Waals surface area contributed by atoms with Gasteiger partial charge in [0.05, 0.1) is 23.3 Å². The summed E-state index contributed by atoms with van der Waals surface area (Å²) in [5.74, 6) is 2.87. The molecule has 2 fully saturated rings. The Morgan fingerprint density at radius 1 is 0.939 bits per heavy atom. The number of imidazole rings is 1. The number of hydrogen-bond acceptors (Lipinski definition) is 6. The van der Waals surface area contributed by atoms with Gasteiger partial charge in [-0.2, -0.15) is 0 Å². The molecule has 1 aliphatic carbocycles. The molecule has 1 aromatic carbocycles. The van der Waals surface area contributed by atoms with Crippen LogP contribution in [0.2, 0.25) is 0 Å². The molecule has 7 heteroatoms. The van der Waals surface area contributed by atoms with Gasteiger partial charge in [0.25, 0.3) is 0 Å². The second kappa shape index (κ2) is 8.56. The van der Waals surface area contributed by atoms with Crippen LogP contribution in [0.4, 0.5) is 0 Å². The van der Waals surface area contributed by atoms with E-state index in [4.69, 9.17) is 9.72 Å². The standard InChI is InChI=1S/C26H28N6O/c1-18-30-22-6-2-3-7-23(22)32(18)24-11-20-16-31(15-19-5-4-8-27-13-19)17-21(20)12-25(24)33-26-14-28-9-10-29-26/h2-10,13-14,20-21,24-25H,11-12,15-17H2,1H3/t20-,21+,24-,25-/m0/s1. The predicted octanol–water partition coefficient (Wildman–Crippen LogP) is 4.06. The van der Waals surface area contributed by atoms with Gasteiger partial charge in [0, 0.05) is 44.4 Å². The van der Waals surface area contributed by atoms with Crippen LogP contribution in [0.5, 0.6) is 5.88 Å². The van der Waals surface area contributed by atoms with Crippen LogP contribution in [0.3, 0.4) is 0 Å². The molecular formula is C26H28N6O. The summed E-state index contributed by atoms with van der Waals surface area (Å²) in [5, 5.41) is 0. The van der Waals surface area contributed by atoms with Crippen LogP contribution in [0, 0.1) is 18.8 Å². The Morgan fingerprint density at radius 2 is 1.79 bits per heavy atom. The van der Waals surface area contributed by atoms with Gasteiger partial charge in [0.15, 0.2) is 0 Å². The van der Waals surface area contributed by atoms with Crippen molar-refractivity contribution >= 4 is 11.0 Å². The maximum absolute atomic E-state index is 6.51. The summed E-state index contributed by atoms with van der Waals surface area (Å²) < 4.78 is 8.91. The fourth-order valence-corrected chi connectivity index (χ4v) is 5.85. The first-order chi connectivity index (χ1) is 16.2. The molecule has 2 aliphatic rings. The van der Waals surface area contributed by atoms with Crippen LogP contribution in [0.25, 0.3) is 11.0 Å². The Morgan fingerprint density at radius 3 is 2.61 bits per heavy atom. The minimum atomic E-state index is 0.0256. The smallest absolute Gasteiger partial charge is 0.232 e. The third kappa shape index (κ3) is 3.97. The van der Waals surface area contributed by atoms with E-state index in [0.717, 1.165) is 43.8 Å². The first kappa shape index (κ1) is 20.3. The summed E-state index contributed by atoms with van der Waals surface area (Å²) in [6.45, 7) is 5.26. The number of pyridine rings is 1. The third-order valence-corrected chi connectivity index (χ3v) is 7.20. The molecule has 1 aliphatic heterocycles. The van der Waals surface area contributed by atoms with Gasteiger partial charge >= 0.3 is 0 Å². The summed E-state index contributed by atoms with van der Waals surface area (Å²) in [6, 6.07) is 12.8. The lowest BCUT2D eigenvalue weighted by molar-refractivity contribution is 0.0519. The largest absolute Gasteiger partial charge is 0.471 e. The minimum Gasteiger partial charge on any atom is -0.471 e. The third-order valence-electron chi connectivity index (χ3n) is 7.20. The number of aryl methyl sites for hydroxylation is 1. The van der Waals surface area contributed by atoms with Gasteiger partial charge in [-0.15, -0.1) is 0 Å². The normalized spacial score (nSPS) is 25.2. The SMILES string of the molecule is Cc1nc2ccccc2n1[C@H]1C[C@H]2CN(Cc3cccnc3)C[C@H]2C[C@@H]1Oc1cnccn1. The number of nitrogens with zero attached hydrogens (tertiary/aromatic N) is 6. The molecule has 1 saturated heterocycles. The highest BCUT2D eigenvalue weighted by Gasteiger charge is 2.44. The molecule has 4 heterocycles. The van der Waals surface area contributed by atoms with E-state index in [2.05, 4.69) is 61.7 Å². The maximum atomic E-state index is 6.51. The molecule has 7 nitrogen and oxygen atoms in total. The number of benzene rings is 1. The van der Waals surface area contributed by atoms with E-state index in [-0.39, 0.29) is 12.1 Å². The molecule has 0 N–H and O–H groups in total. The molecule has 3 aromatic heterocycles. The fourth-order valence-electron chi connectivity index (χ4n) is 5.85. The second-order valence-electron chi connectivity index (χ2n) is 9.33. The summed E-state index contributed by atoms with van der Waals surface area (Å²) >= 11 is 0. The van der Waals surface area contributed by atoms with E-state index in [0.29, 0.717) is 17.7 Å². The number of rotatable bonds is 5. The molecule has 0 spiro atoms. The van der Waals surface area contributed by atoms with Crippen molar-refractivity contribution in [3.05, 3.63) is 78.8 Å². The Bertz CT molecular complexity index is 1230. The van der Waals surface area contributed by atoms with Crippen molar-refractivity contribution in [2.24, 2.45) is 11.8 Å². The van der Waals surface area contributed by atoms with Gasteiger partial charge < -0.3 is 9.30 Å². The molecule has 0 amide bonds. The summed E-state index contributed by atoms with van der Waals surface area (Å²) in [5.41, 5.74) is 3.49. The topological polar surface area (TPSA) is 69.0 Å². The average molecular weight is 441 g/mol. The lowest BCUT2D eigenvalue weighted by atomic mass is 9.77. The highest BCUT2D eigenvalue weighted by Crippen LogP contribution is 2.44. The zero-order chi connectivity index (χ0) is 22.2. The molecule has 4 aromatic rings. The van der Waals surface area contributed by atoms with Crippen molar-refractivity contribution in [2.45, 2.75) is 38.5 Å². The minimum absolute atomic E-state index is 0.0256. The van der Waals surface area contributed by atoms with Crippen LogP contribution in [0.15, 0.2) is 67.4 Å². The average Bonchev–Trinajstić information content (AvgIpc) is 3.38. The van der Waals surface area contributed by atoms with Crippen molar-refractivity contribution in [3.8, 4) is 5.88 Å². The predicted molar refractivity (Wildman–Crippen MR) is 126 cm³/mol. The van der Waals surface area contributed by atoms with E-state index in [1.807, 2.05) is 18.5 Å². The molecule has 33 heavy (non-hydrogen) atoms. The number of aromatic nitrogens is 5. The van der Waals surface area contributed by atoms with Gasteiger partial charge in [0.2, 0.25) is 5.88 Å². The highest BCUT2D eigenvalue weighted by molar-refractivity contribution is 5.76. The zero-order valence-corrected chi connectivity index (χ0v) is 18.8. The van der Waals surface area contributed by atoms with Crippen LogP contribution >= 0.6 is 0 Å². The first-order valence-electron chi connectivity index (χ1n) is 11.7. The van der Waals surface area contributed by atoms with Crippen LogP contribution < -0.4 is 4.74 Å². The first-order valence-corrected chi connectivity index (χ1v) is 11.7. The summed E-state index contributed by atoms with van der Waals surface area (Å²) in [4.78, 5) is 20.3. The maximum Gasteiger partial charge on any atom is 0.232 e. The van der Waals surface area contributed by atoms with Gasteiger partial charge in [0.1, 0.15) is 11.9 Å². The lowest BCUT2D eigenvalue weighted by Gasteiger charge is -2.39. The molecule has 6 rings (SSSR count). The van der Waals surface area contributed by atoms with E-state index in [1.54, 1.807) is 18.6 Å². The number of fused-ring (bicyclic) bond motifs is 2. The molecule has 1 saturated carbocycles. The molecule has 4 atom stereocenters. The van der Waals surface area contributed by atoms with Crippen molar-refractivity contribution < 1.29 is 4.74 Å². The van der Waals surface area contributed by atoms with Gasteiger partial charge in [-0.05, 0) is 55.4 Å². The van der Waals surface area contributed by atoms with E-state index >= 15 is 0 Å². The van der Waals surface area contributed by atoms with Crippen molar-refractivity contribution in [3.63, 3.8) is 0 Å². The van der Waals surface area contributed by atoms with Gasteiger partial charge in [-0.1, -0.05) is 18.2 Å². The monoisotopic (exact) mass is 440 g/mol. The highest BCUT2D eigenvalue weighted by atomic mass is 16.5. The summed E-state index contributed by atoms with van der Waals surface area (Å²) in [7, 11) is 0. The van der Waals surface area contributed by atoms with Gasteiger partial charge in [-0.25, -0.2) is 9.97 Å². The lowest BCUT2D eigenvalue weighted by Crippen LogP contribution is -2.40. The second-order valence-corrected chi connectivity index (χ2v) is 9.33. The van der Waals surface area contributed by atoms with E-state index in [1.165, 1.54) is 11.1 Å². The number of likely N-dealkylation sites (tertiary alicyclic amines) is 1. The zero-order valence-electron chi connectivity index (χ0n) is 18.8. The Kier molecular flexibility index (Phi) is 5.26. The molecule has 0 unspecified atom stereocenters. The number of ether oxygens (including phenoxy) is 1. The van der Waals surface area contributed by atoms with Crippen molar-refractivity contribution in [1.82, 2.24) is 29.4 Å². The molecule has 0 bridgehead atoms. The molecule has 168 valence electrons. The Balaban J connectivity index is 1.30. The van der Waals surface area contributed by atoms with E-state index < -0.39 is 0 Å². The number of para-hydroxylation sites is 2. The summed E-state index contributed by atoms with van der Waals surface area (Å²) in [6.07, 6.45) is 11.0. The van der Waals surface area contributed by atoms with E-state index in [9.17, 15) is 0 Å². The number of hydrogen-bond donors (Lipinski definition) is 0. The molecule has 0 radical (unpaired) electrons. The van der Waals surface area contributed by atoms with Crippen LogP contribution in [-0.4, -0.2) is 48.6 Å². The Hall–Kier alpha value is -3.32. The molecular weight excluding hydrogens is 412 g/mol. The Labute approximate surface area is 193 Å². The fraction of sp³-hybridized carbons (Fsp3) is 0.385. The van der Waals surface area contributed by atoms with Crippen molar-refractivity contribution in [1.29, 1.82) is 0 Å². The van der Waals surface area contributed by atoms with Crippen molar-refractivity contribution in [2.75, 3.05) is 13.1 Å².